The van der Waals surface area contributed by atoms with Crippen LogP contribution in [0, 0.1) is 0 Å². The number of hydrogen-bond acceptors (Lipinski definition) is 8. The lowest BCUT2D eigenvalue weighted by molar-refractivity contribution is -0.161. The predicted molar refractivity (Wildman–Crippen MR) is 358 cm³/mol. The molecule has 0 aliphatic rings. The minimum absolute atomic E-state index is 0.0553. The highest BCUT2D eigenvalue weighted by Gasteiger charge is 2.26. The number of esters is 2. The third kappa shape index (κ3) is 68.9. The van der Waals surface area contributed by atoms with E-state index in [4.69, 9.17) is 24.3 Å². The van der Waals surface area contributed by atoms with E-state index in [-0.39, 0.29) is 38.6 Å². The molecule has 0 saturated carbocycles. The second kappa shape index (κ2) is 69.1. The fourth-order valence-electron chi connectivity index (χ4n) is 10.8. The molecule has 0 fully saturated rings. The molecule has 0 amide bonds. The molecule has 3 N–H and O–H groups in total. The maximum Gasteiger partial charge on any atom is 0.472 e. The second-order valence-electron chi connectivity index (χ2n) is 24.5. The Balaban J connectivity index is 3.80. The van der Waals surface area contributed by atoms with Gasteiger partial charge in [0.05, 0.1) is 13.2 Å². The van der Waals surface area contributed by atoms with Crippen molar-refractivity contribution in [3.63, 3.8) is 0 Å². The van der Waals surface area contributed by atoms with Gasteiger partial charge in [0.2, 0.25) is 0 Å². The van der Waals surface area contributed by atoms with Gasteiger partial charge in [0.1, 0.15) is 6.61 Å². The number of allylic oxidation sites excluding steroid dienone is 8. The Hall–Kier alpha value is -2.03. The number of rotatable bonds is 69. The van der Waals surface area contributed by atoms with Crippen molar-refractivity contribution in [1.82, 2.24) is 0 Å². The van der Waals surface area contributed by atoms with E-state index in [0.29, 0.717) is 6.42 Å². The number of hydrogen-bond donors (Lipinski definition) is 2. The summed E-state index contributed by atoms with van der Waals surface area (Å²) < 4.78 is 33.2. The second-order valence-corrected chi connectivity index (χ2v) is 25.9. The number of carbonyl (C=O) groups excluding carboxylic acids is 2. The number of phosphoric acid groups is 1. The highest BCUT2D eigenvalue weighted by Crippen LogP contribution is 2.43. The fourth-order valence-corrected chi connectivity index (χ4v) is 11.6. The first-order valence-corrected chi connectivity index (χ1v) is 37.6. The van der Waals surface area contributed by atoms with Gasteiger partial charge in [-0.05, 0) is 77.0 Å². The van der Waals surface area contributed by atoms with Crippen LogP contribution in [0.3, 0.4) is 0 Å². The summed E-state index contributed by atoms with van der Waals surface area (Å²) in [5.41, 5.74) is 5.40. The van der Waals surface area contributed by atoms with Gasteiger partial charge in [-0.1, -0.05) is 332 Å². The van der Waals surface area contributed by atoms with E-state index >= 15 is 0 Å². The average molecular weight is 1190 g/mol. The summed E-state index contributed by atoms with van der Waals surface area (Å²) in [5, 5.41) is 0. The van der Waals surface area contributed by atoms with Crippen LogP contribution in [-0.4, -0.2) is 49.3 Å². The topological polar surface area (TPSA) is 134 Å². The third-order valence-electron chi connectivity index (χ3n) is 16.2. The fraction of sp³-hybridized carbons (Fsp3) is 0.863. The monoisotopic (exact) mass is 1190 g/mol. The summed E-state index contributed by atoms with van der Waals surface area (Å²) in [6.45, 7) is 3.80. The van der Waals surface area contributed by atoms with Crippen LogP contribution in [0.25, 0.3) is 0 Å². The van der Waals surface area contributed by atoms with Crippen LogP contribution in [0.1, 0.15) is 373 Å². The van der Waals surface area contributed by atoms with Gasteiger partial charge in [-0.2, -0.15) is 0 Å². The summed E-state index contributed by atoms with van der Waals surface area (Å²) in [6.07, 6.45) is 87.9. The van der Waals surface area contributed by atoms with E-state index in [2.05, 4.69) is 62.5 Å². The van der Waals surface area contributed by atoms with E-state index in [1.165, 1.54) is 295 Å². The first kappa shape index (κ1) is 81.0. The van der Waals surface area contributed by atoms with Gasteiger partial charge in [-0.15, -0.1) is 0 Å². The molecule has 0 radical (unpaired) electrons. The van der Waals surface area contributed by atoms with Crippen molar-refractivity contribution in [2.24, 2.45) is 5.73 Å². The zero-order chi connectivity index (χ0) is 60.1. The van der Waals surface area contributed by atoms with E-state index in [1.54, 1.807) is 0 Å². The third-order valence-corrected chi connectivity index (χ3v) is 17.2. The highest BCUT2D eigenvalue weighted by atomic mass is 31.2. The van der Waals surface area contributed by atoms with Crippen molar-refractivity contribution in [3.05, 3.63) is 48.6 Å². The Kier molecular flexibility index (Phi) is 67.4. The molecule has 0 aliphatic heterocycles. The normalized spacial score (nSPS) is 13.2. The molecule has 0 heterocycles. The van der Waals surface area contributed by atoms with E-state index in [9.17, 15) is 19.0 Å². The number of nitrogens with two attached hydrogens (primary N) is 1. The number of phosphoric ester groups is 1. The SMILES string of the molecule is CCCCCCC/C=C\C/C=C\C/C=C\CCCCCCCCCCCCCCCCCCCCCCCCC(=O)OC(COC(=O)CCCCCCCCCCCCCCC/C=C\CCCCCCCCCC)COP(=O)(O)OCCN. The van der Waals surface area contributed by atoms with Crippen LogP contribution in [0.4, 0.5) is 0 Å². The summed E-state index contributed by atoms with van der Waals surface area (Å²) in [5.74, 6) is -0.807. The largest absolute Gasteiger partial charge is 0.472 e. The molecule has 488 valence electrons. The standard InChI is InChI=1S/C73H138NO8P/c1-3-5-7-9-11-13-15-17-19-21-23-25-27-29-30-31-32-33-34-35-36-37-38-39-40-42-44-46-48-50-52-54-56-58-60-62-64-66-73(76)82-71(70-81-83(77,78)80-68-67-74)69-79-72(75)65-63-61-59-57-55-53-51-49-47-45-43-41-28-26-24-22-20-18-16-14-12-10-8-6-4-2/h15,17,21-24,27,29,71H,3-14,16,18-20,25-26,28,30-70,74H2,1-2H3,(H,77,78)/b17-15-,23-21-,24-22-,29-27-. The van der Waals surface area contributed by atoms with Crippen LogP contribution in [0.2, 0.25) is 0 Å². The van der Waals surface area contributed by atoms with Crippen LogP contribution in [-0.2, 0) is 32.7 Å². The van der Waals surface area contributed by atoms with Gasteiger partial charge in [0.15, 0.2) is 6.10 Å². The van der Waals surface area contributed by atoms with Gasteiger partial charge in [-0.25, -0.2) is 4.57 Å². The molecule has 0 spiro atoms. The first-order valence-electron chi connectivity index (χ1n) is 36.1. The van der Waals surface area contributed by atoms with Crippen molar-refractivity contribution in [3.8, 4) is 0 Å². The lowest BCUT2D eigenvalue weighted by Gasteiger charge is -2.19. The first-order chi connectivity index (χ1) is 40.8. The molecule has 0 aromatic heterocycles. The zero-order valence-electron chi connectivity index (χ0n) is 55.0. The van der Waals surface area contributed by atoms with Gasteiger partial charge in [0.25, 0.3) is 0 Å². The van der Waals surface area contributed by atoms with E-state index < -0.39 is 26.5 Å². The quantitative estimate of drug-likeness (QED) is 0.0264. The van der Waals surface area contributed by atoms with Gasteiger partial charge >= 0.3 is 19.8 Å². The van der Waals surface area contributed by atoms with Crippen molar-refractivity contribution in [1.29, 1.82) is 0 Å². The minimum Gasteiger partial charge on any atom is -0.462 e. The maximum atomic E-state index is 12.8. The summed E-state index contributed by atoms with van der Waals surface area (Å²) in [6, 6.07) is 0. The molecular weight excluding hydrogens is 1050 g/mol. The van der Waals surface area contributed by atoms with Crippen LogP contribution >= 0.6 is 7.82 Å². The molecule has 2 unspecified atom stereocenters. The number of carbonyl (C=O) groups is 2. The smallest absolute Gasteiger partial charge is 0.462 e. The van der Waals surface area contributed by atoms with Gasteiger partial charge < -0.3 is 20.1 Å². The van der Waals surface area contributed by atoms with E-state index in [0.717, 1.165) is 44.9 Å². The molecule has 0 aromatic rings. The minimum atomic E-state index is -4.39. The Labute approximate surface area is 515 Å². The Bertz CT molecular complexity index is 1500. The van der Waals surface area contributed by atoms with Crippen molar-refractivity contribution < 1.29 is 37.6 Å². The van der Waals surface area contributed by atoms with Gasteiger partial charge in [-0.3, -0.25) is 18.6 Å². The van der Waals surface area contributed by atoms with Crippen molar-refractivity contribution in [2.75, 3.05) is 26.4 Å². The molecule has 0 bridgehead atoms. The number of unbranched alkanes of at least 4 members (excludes halogenated alkanes) is 48. The van der Waals surface area contributed by atoms with Crippen molar-refractivity contribution in [2.45, 2.75) is 380 Å². The molecular formula is C73H138NO8P. The van der Waals surface area contributed by atoms with Crippen LogP contribution in [0.15, 0.2) is 48.6 Å². The lowest BCUT2D eigenvalue weighted by atomic mass is 10.0. The summed E-state index contributed by atoms with van der Waals surface area (Å²) >= 11 is 0. The molecule has 0 saturated heterocycles. The molecule has 0 aromatic carbocycles. The summed E-state index contributed by atoms with van der Waals surface area (Å²) in [4.78, 5) is 35.4. The Morgan fingerprint density at radius 3 is 0.940 bits per heavy atom. The van der Waals surface area contributed by atoms with E-state index in [1.807, 2.05) is 0 Å². The molecule has 0 rings (SSSR count). The molecule has 10 heteroatoms. The average Bonchev–Trinajstić information content (AvgIpc) is 3.49. The van der Waals surface area contributed by atoms with Gasteiger partial charge in [0, 0.05) is 19.4 Å². The maximum absolute atomic E-state index is 12.8. The van der Waals surface area contributed by atoms with Crippen LogP contribution in [0.5, 0.6) is 0 Å². The lowest BCUT2D eigenvalue weighted by Crippen LogP contribution is -2.29. The van der Waals surface area contributed by atoms with Crippen molar-refractivity contribution >= 4 is 19.8 Å². The molecule has 9 nitrogen and oxygen atoms in total. The number of ether oxygens (including phenoxy) is 2. The summed E-state index contributed by atoms with van der Waals surface area (Å²) in [7, 11) is -4.39. The Morgan fingerprint density at radius 1 is 0.361 bits per heavy atom. The van der Waals surface area contributed by atoms with Crippen LogP contribution < -0.4 is 5.73 Å². The highest BCUT2D eigenvalue weighted by molar-refractivity contribution is 7.47. The molecule has 2 atom stereocenters. The molecule has 83 heavy (non-hydrogen) atoms. The predicted octanol–water partition coefficient (Wildman–Crippen LogP) is 23.6. The zero-order valence-corrected chi connectivity index (χ0v) is 55.8. The Morgan fingerprint density at radius 2 is 0.627 bits per heavy atom. The molecule has 0 aliphatic carbocycles.